The van der Waals surface area contributed by atoms with Crippen LogP contribution in [0.4, 0.5) is 0 Å². The van der Waals surface area contributed by atoms with Gasteiger partial charge in [0, 0.05) is 13.4 Å². The van der Waals surface area contributed by atoms with E-state index in [1.807, 2.05) is 36.4 Å². The number of esters is 1. The maximum atomic E-state index is 11.5. The Kier molecular flexibility index (Phi) is 5.04. The number of nitriles is 1. The highest BCUT2D eigenvalue weighted by molar-refractivity contribution is 14.1. The number of methoxy groups -OCH3 is 1. The van der Waals surface area contributed by atoms with Crippen LogP contribution in [0.15, 0.2) is 52.3 Å². The van der Waals surface area contributed by atoms with Gasteiger partial charge in [-0.2, -0.15) is 5.26 Å². The average molecular weight is 395 g/mol. The number of ether oxygens (including phenoxy) is 1. The van der Waals surface area contributed by atoms with Gasteiger partial charge in [-0.05, 0) is 65.1 Å². The fourth-order valence-corrected chi connectivity index (χ4v) is 2.82. The zero-order valence-corrected chi connectivity index (χ0v) is 13.6. The van der Waals surface area contributed by atoms with Crippen LogP contribution in [0.2, 0.25) is 0 Å². The molecule has 3 nitrogen and oxygen atoms in total. The number of carbonyl (C=O) groups is 1. The molecule has 2 rings (SSSR count). The molecule has 0 radical (unpaired) electrons. The van der Waals surface area contributed by atoms with Gasteiger partial charge in [0.25, 0.3) is 0 Å². The highest BCUT2D eigenvalue weighted by Crippen LogP contribution is 2.29. The van der Waals surface area contributed by atoms with E-state index in [0.29, 0.717) is 11.1 Å². The Morgan fingerprint density at radius 3 is 2.45 bits per heavy atom. The van der Waals surface area contributed by atoms with Gasteiger partial charge in [-0.15, -0.1) is 0 Å². The number of hydrogen-bond acceptors (Lipinski definition) is 4. The van der Waals surface area contributed by atoms with Gasteiger partial charge in [-0.3, -0.25) is 0 Å². The number of nitrogens with zero attached hydrogens (tertiary/aromatic N) is 1. The molecule has 0 N–H and O–H groups in total. The second kappa shape index (κ2) is 6.77. The standard InChI is InChI=1S/C15H10INO2S/c1-19-15(18)14-7-6-13(8-10(14)9-17)20-12-4-2-11(16)3-5-12/h2-8H,1H3. The van der Waals surface area contributed by atoms with Crippen molar-refractivity contribution in [3.63, 3.8) is 0 Å². The van der Waals surface area contributed by atoms with Gasteiger partial charge in [-0.1, -0.05) is 11.8 Å². The maximum Gasteiger partial charge on any atom is 0.339 e. The predicted molar refractivity (Wildman–Crippen MR) is 85.8 cm³/mol. The minimum Gasteiger partial charge on any atom is -0.465 e. The largest absolute Gasteiger partial charge is 0.465 e. The average Bonchev–Trinajstić information content (AvgIpc) is 2.48. The fraction of sp³-hybridized carbons (Fsp3) is 0.0667. The minimum atomic E-state index is -0.493. The molecule has 0 aliphatic carbocycles. The number of rotatable bonds is 3. The Bertz CT molecular complexity index is 677. The molecular weight excluding hydrogens is 385 g/mol. The zero-order chi connectivity index (χ0) is 14.5. The third kappa shape index (κ3) is 3.52. The number of carbonyl (C=O) groups excluding carboxylic acids is 1. The normalized spacial score (nSPS) is 9.85. The van der Waals surface area contributed by atoms with Crippen molar-refractivity contribution < 1.29 is 9.53 Å². The van der Waals surface area contributed by atoms with Gasteiger partial charge in [0.1, 0.15) is 6.07 Å². The Labute approximate surface area is 135 Å². The Balaban J connectivity index is 2.28. The van der Waals surface area contributed by atoms with Crippen molar-refractivity contribution >= 4 is 40.3 Å². The molecule has 0 aliphatic heterocycles. The molecule has 0 saturated carbocycles. The number of benzene rings is 2. The highest BCUT2D eigenvalue weighted by atomic mass is 127. The molecule has 0 fully saturated rings. The first-order chi connectivity index (χ1) is 9.63. The lowest BCUT2D eigenvalue weighted by atomic mass is 10.1. The van der Waals surface area contributed by atoms with Crippen LogP contribution < -0.4 is 0 Å². The van der Waals surface area contributed by atoms with Gasteiger partial charge >= 0.3 is 5.97 Å². The van der Waals surface area contributed by atoms with E-state index in [9.17, 15) is 4.79 Å². The first-order valence-electron chi connectivity index (χ1n) is 5.70. The lowest BCUT2D eigenvalue weighted by molar-refractivity contribution is 0.0600. The minimum absolute atomic E-state index is 0.293. The van der Waals surface area contributed by atoms with Crippen molar-refractivity contribution in [2.24, 2.45) is 0 Å². The molecule has 2 aromatic rings. The first-order valence-corrected chi connectivity index (χ1v) is 7.59. The molecule has 0 heterocycles. The van der Waals surface area contributed by atoms with Crippen LogP contribution in [0.3, 0.4) is 0 Å². The lowest BCUT2D eigenvalue weighted by Crippen LogP contribution is -2.03. The highest BCUT2D eigenvalue weighted by Gasteiger charge is 2.12. The van der Waals surface area contributed by atoms with Crippen molar-refractivity contribution in [2.75, 3.05) is 7.11 Å². The third-order valence-corrected chi connectivity index (χ3v) is 4.28. The molecular formula is C15H10INO2S. The van der Waals surface area contributed by atoms with Crippen molar-refractivity contribution in [3.05, 3.63) is 57.2 Å². The molecule has 0 aliphatic rings. The molecule has 20 heavy (non-hydrogen) atoms. The van der Waals surface area contributed by atoms with Crippen LogP contribution in [0, 0.1) is 14.9 Å². The van der Waals surface area contributed by atoms with Crippen LogP contribution >= 0.6 is 34.4 Å². The quantitative estimate of drug-likeness (QED) is 0.580. The van der Waals surface area contributed by atoms with Crippen molar-refractivity contribution in [3.8, 4) is 6.07 Å². The van der Waals surface area contributed by atoms with Gasteiger partial charge in [0.05, 0.1) is 18.2 Å². The van der Waals surface area contributed by atoms with E-state index in [2.05, 4.69) is 27.3 Å². The maximum absolute atomic E-state index is 11.5. The van der Waals surface area contributed by atoms with Gasteiger partial charge in [0.2, 0.25) is 0 Å². The van der Waals surface area contributed by atoms with Crippen LogP contribution in [-0.2, 0) is 4.74 Å². The fourth-order valence-electron chi connectivity index (χ4n) is 1.61. The summed E-state index contributed by atoms with van der Waals surface area (Å²) < 4.78 is 5.82. The smallest absolute Gasteiger partial charge is 0.339 e. The van der Waals surface area contributed by atoms with Crippen LogP contribution in [0.1, 0.15) is 15.9 Å². The zero-order valence-electron chi connectivity index (χ0n) is 10.6. The van der Waals surface area contributed by atoms with Crippen LogP contribution in [-0.4, -0.2) is 13.1 Å². The molecule has 0 saturated heterocycles. The second-order valence-corrected chi connectivity index (χ2v) is 6.26. The summed E-state index contributed by atoms with van der Waals surface area (Å²) in [6, 6.07) is 15.3. The van der Waals surface area contributed by atoms with E-state index in [1.54, 1.807) is 23.9 Å². The van der Waals surface area contributed by atoms with E-state index in [-0.39, 0.29) is 0 Å². The van der Waals surface area contributed by atoms with E-state index in [0.717, 1.165) is 9.79 Å². The second-order valence-electron chi connectivity index (χ2n) is 3.87. The van der Waals surface area contributed by atoms with E-state index in [4.69, 9.17) is 5.26 Å². The number of hydrogen-bond donors (Lipinski definition) is 0. The topological polar surface area (TPSA) is 50.1 Å². The molecule has 100 valence electrons. The molecule has 2 aromatic carbocycles. The van der Waals surface area contributed by atoms with E-state index < -0.39 is 5.97 Å². The predicted octanol–water partition coefficient (Wildman–Crippen LogP) is 4.10. The monoisotopic (exact) mass is 395 g/mol. The molecule has 0 bridgehead atoms. The summed E-state index contributed by atoms with van der Waals surface area (Å²) in [5.41, 5.74) is 0.620. The summed E-state index contributed by atoms with van der Waals surface area (Å²) in [7, 11) is 1.30. The summed E-state index contributed by atoms with van der Waals surface area (Å²) >= 11 is 3.80. The number of halogens is 1. The Hall–Kier alpha value is -1.52. The van der Waals surface area contributed by atoms with Crippen LogP contribution in [0.25, 0.3) is 0 Å². The lowest BCUT2D eigenvalue weighted by Gasteiger charge is -2.05. The summed E-state index contributed by atoms with van der Waals surface area (Å²) in [5.74, 6) is -0.493. The van der Waals surface area contributed by atoms with Crippen molar-refractivity contribution in [1.29, 1.82) is 5.26 Å². The Morgan fingerprint density at radius 1 is 1.20 bits per heavy atom. The molecule has 0 atom stereocenters. The first kappa shape index (κ1) is 14.9. The third-order valence-electron chi connectivity index (χ3n) is 2.57. The molecule has 5 heteroatoms. The molecule has 0 spiro atoms. The summed E-state index contributed by atoms with van der Waals surface area (Å²) in [6.45, 7) is 0. The Morgan fingerprint density at radius 2 is 1.85 bits per heavy atom. The molecule has 0 aromatic heterocycles. The van der Waals surface area contributed by atoms with E-state index in [1.165, 1.54) is 10.7 Å². The van der Waals surface area contributed by atoms with Gasteiger partial charge in [-0.25, -0.2) is 4.79 Å². The molecule has 0 amide bonds. The van der Waals surface area contributed by atoms with Gasteiger partial charge in [0.15, 0.2) is 0 Å². The summed E-state index contributed by atoms with van der Waals surface area (Å²) in [5, 5.41) is 9.12. The van der Waals surface area contributed by atoms with Gasteiger partial charge < -0.3 is 4.74 Å². The summed E-state index contributed by atoms with van der Waals surface area (Å²) in [4.78, 5) is 13.5. The molecule has 0 unspecified atom stereocenters. The van der Waals surface area contributed by atoms with Crippen molar-refractivity contribution in [2.45, 2.75) is 9.79 Å². The van der Waals surface area contributed by atoms with E-state index >= 15 is 0 Å². The summed E-state index contributed by atoms with van der Waals surface area (Å²) in [6.07, 6.45) is 0. The van der Waals surface area contributed by atoms with Crippen LogP contribution in [0.5, 0.6) is 0 Å². The SMILES string of the molecule is COC(=O)c1ccc(Sc2ccc(I)cc2)cc1C#N. The van der Waals surface area contributed by atoms with Crippen molar-refractivity contribution in [1.82, 2.24) is 0 Å².